The zero-order valence-electron chi connectivity index (χ0n) is 17.4. The summed E-state index contributed by atoms with van der Waals surface area (Å²) in [6.07, 6.45) is 0.582. The Morgan fingerprint density at radius 2 is 1.97 bits per heavy atom. The molecule has 2 N–H and O–H groups in total. The van der Waals surface area contributed by atoms with Crippen LogP contribution in [0.5, 0.6) is 5.75 Å². The fraction of sp³-hybridized carbons (Fsp3) is 0.318. The van der Waals surface area contributed by atoms with Gasteiger partial charge in [0, 0.05) is 35.7 Å². The van der Waals surface area contributed by atoms with Gasteiger partial charge in [-0.3, -0.25) is 0 Å². The van der Waals surface area contributed by atoms with Gasteiger partial charge in [-0.15, -0.1) is 0 Å². The van der Waals surface area contributed by atoms with Gasteiger partial charge >= 0.3 is 0 Å². The van der Waals surface area contributed by atoms with Crippen molar-refractivity contribution >= 4 is 17.6 Å². The fourth-order valence-corrected chi connectivity index (χ4v) is 2.97. The lowest BCUT2D eigenvalue weighted by molar-refractivity contribution is 0.378. The highest BCUT2D eigenvalue weighted by Gasteiger charge is 2.09. The van der Waals surface area contributed by atoms with Crippen molar-refractivity contribution in [2.24, 2.45) is 4.99 Å². The molecule has 0 saturated heterocycles. The van der Waals surface area contributed by atoms with Gasteiger partial charge in [0.05, 0.1) is 13.7 Å². The Labute approximate surface area is 181 Å². The highest BCUT2D eigenvalue weighted by molar-refractivity contribution is 6.30. The van der Waals surface area contributed by atoms with Crippen molar-refractivity contribution in [3.63, 3.8) is 0 Å². The van der Waals surface area contributed by atoms with Crippen molar-refractivity contribution in [3.05, 3.63) is 64.5 Å². The van der Waals surface area contributed by atoms with Crippen molar-refractivity contribution in [2.45, 2.75) is 26.8 Å². The second-order valence-electron chi connectivity index (χ2n) is 6.71. The monoisotopic (exact) mass is 427 g/mol. The van der Waals surface area contributed by atoms with E-state index in [9.17, 15) is 0 Å². The quantitative estimate of drug-likeness (QED) is 0.417. The number of ether oxygens (including phenoxy) is 1. The van der Waals surface area contributed by atoms with E-state index in [4.69, 9.17) is 20.9 Å². The van der Waals surface area contributed by atoms with Gasteiger partial charge in [-0.1, -0.05) is 28.9 Å². The van der Waals surface area contributed by atoms with E-state index in [1.54, 1.807) is 19.2 Å². The zero-order valence-corrected chi connectivity index (χ0v) is 18.2. The normalized spacial score (nSPS) is 11.4. The first kappa shape index (κ1) is 21.6. The molecule has 0 amide bonds. The molecule has 158 valence electrons. The predicted molar refractivity (Wildman–Crippen MR) is 119 cm³/mol. The molecule has 0 radical (unpaired) electrons. The summed E-state index contributed by atoms with van der Waals surface area (Å²) in [5.74, 6) is 2.67. The Kier molecular flexibility index (Phi) is 7.68. The maximum Gasteiger partial charge on any atom is 0.228 e. The van der Waals surface area contributed by atoms with Gasteiger partial charge in [0.25, 0.3) is 0 Å². The summed E-state index contributed by atoms with van der Waals surface area (Å²) in [6.45, 7) is 5.95. The maximum absolute atomic E-state index is 5.92. The molecule has 0 unspecified atom stereocenters. The number of halogens is 1. The van der Waals surface area contributed by atoms with Crippen molar-refractivity contribution in [2.75, 3.05) is 20.2 Å². The Hall–Kier alpha value is -3.06. The summed E-state index contributed by atoms with van der Waals surface area (Å²) >= 11 is 5.92. The summed E-state index contributed by atoms with van der Waals surface area (Å²) in [7, 11) is 1.67. The average molecular weight is 428 g/mol. The Bertz CT molecular complexity index is 985. The zero-order chi connectivity index (χ0) is 21.3. The molecule has 0 saturated carbocycles. The van der Waals surface area contributed by atoms with Crippen LogP contribution in [0.3, 0.4) is 0 Å². The van der Waals surface area contributed by atoms with E-state index in [0.717, 1.165) is 34.9 Å². The summed E-state index contributed by atoms with van der Waals surface area (Å²) in [5, 5.41) is 11.2. The predicted octanol–water partition coefficient (Wildman–Crippen LogP) is 4.00. The number of nitrogens with one attached hydrogen (secondary N) is 2. The molecule has 0 aliphatic carbocycles. The van der Waals surface area contributed by atoms with Gasteiger partial charge in [0.15, 0.2) is 5.96 Å². The number of aryl methyl sites for hydroxylation is 1. The minimum Gasteiger partial charge on any atom is -0.496 e. The van der Waals surface area contributed by atoms with E-state index in [0.29, 0.717) is 36.2 Å². The van der Waals surface area contributed by atoms with Crippen LogP contribution in [-0.2, 0) is 13.0 Å². The summed E-state index contributed by atoms with van der Waals surface area (Å²) < 4.78 is 10.8. The number of benzene rings is 2. The van der Waals surface area contributed by atoms with E-state index in [-0.39, 0.29) is 0 Å². The van der Waals surface area contributed by atoms with Crippen LogP contribution < -0.4 is 15.4 Å². The third-order valence-electron chi connectivity index (χ3n) is 4.40. The number of aromatic nitrogens is 2. The molecular weight excluding hydrogens is 402 g/mol. The van der Waals surface area contributed by atoms with Crippen molar-refractivity contribution < 1.29 is 9.26 Å². The van der Waals surface area contributed by atoms with Crippen LogP contribution in [0.25, 0.3) is 11.4 Å². The highest BCUT2D eigenvalue weighted by Crippen LogP contribution is 2.21. The topological polar surface area (TPSA) is 84.6 Å². The van der Waals surface area contributed by atoms with E-state index in [1.165, 1.54) is 0 Å². The smallest absolute Gasteiger partial charge is 0.228 e. The molecule has 1 aromatic heterocycles. The molecular formula is C22H26ClN5O2. The van der Waals surface area contributed by atoms with Crippen LogP contribution in [0, 0.1) is 6.92 Å². The van der Waals surface area contributed by atoms with Crippen molar-refractivity contribution in [1.82, 2.24) is 20.8 Å². The number of methoxy groups -OCH3 is 1. The Morgan fingerprint density at radius 1 is 1.17 bits per heavy atom. The van der Waals surface area contributed by atoms with Gasteiger partial charge in [0.1, 0.15) is 5.75 Å². The van der Waals surface area contributed by atoms with E-state index >= 15 is 0 Å². The van der Waals surface area contributed by atoms with Gasteiger partial charge in [-0.2, -0.15) is 4.98 Å². The fourth-order valence-electron chi connectivity index (χ4n) is 2.85. The Balaban J connectivity index is 1.57. The standard InChI is InChI=1S/C22H26ClN5O2/c1-4-24-22(26-14-17-6-5-15(2)13-19(17)29-3)25-12-11-20-27-21(28-30-20)16-7-9-18(23)10-8-16/h5-10,13H,4,11-12,14H2,1-3H3,(H2,24,25,26). The largest absolute Gasteiger partial charge is 0.496 e. The summed E-state index contributed by atoms with van der Waals surface area (Å²) in [5.41, 5.74) is 3.05. The minimum atomic E-state index is 0.514. The molecule has 7 nitrogen and oxygen atoms in total. The lowest BCUT2D eigenvalue weighted by Crippen LogP contribution is -2.38. The molecule has 0 aliphatic rings. The lowest BCUT2D eigenvalue weighted by atomic mass is 10.1. The first-order valence-electron chi connectivity index (χ1n) is 9.83. The molecule has 3 rings (SSSR count). The van der Waals surface area contributed by atoms with Crippen LogP contribution in [-0.4, -0.2) is 36.3 Å². The SMILES string of the molecule is CCNC(=NCc1ccc(C)cc1OC)NCCc1nc(-c2ccc(Cl)cc2)no1. The molecule has 0 bridgehead atoms. The molecule has 0 spiro atoms. The number of guanidine groups is 1. The van der Waals surface area contributed by atoms with Crippen LogP contribution >= 0.6 is 11.6 Å². The van der Waals surface area contributed by atoms with Gasteiger partial charge in [0.2, 0.25) is 11.7 Å². The van der Waals surface area contributed by atoms with Crippen LogP contribution in [0.15, 0.2) is 52.0 Å². The number of rotatable bonds is 8. The molecule has 30 heavy (non-hydrogen) atoms. The molecule has 8 heteroatoms. The van der Waals surface area contributed by atoms with E-state index < -0.39 is 0 Å². The molecule has 1 heterocycles. The molecule has 3 aromatic rings. The molecule has 0 aliphatic heterocycles. The number of nitrogens with zero attached hydrogens (tertiary/aromatic N) is 3. The average Bonchev–Trinajstić information content (AvgIpc) is 3.22. The third kappa shape index (κ3) is 5.97. The second-order valence-corrected chi connectivity index (χ2v) is 7.14. The van der Waals surface area contributed by atoms with Crippen LogP contribution in [0.4, 0.5) is 0 Å². The second kappa shape index (κ2) is 10.6. The molecule has 0 fully saturated rings. The van der Waals surface area contributed by atoms with Crippen molar-refractivity contribution in [1.29, 1.82) is 0 Å². The summed E-state index contributed by atoms with van der Waals surface area (Å²) in [4.78, 5) is 9.09. The first-order chi connectivity index (χ1) is 14.6. The minimum absolute atomic E-state index is 0.514. The van der Waals surface area contributed by atoms with Crippen LogP contribution in [0.2, 0.25) is 5.02 Å². The third-order valence-corrected chi connectivity index (χ3v) is 4.65. The summed E-state index contributed by atoms with van der Waals surface area (Å²) in [6, 6.07) is 13.4. The number of aliphatic imine (C=N–C) groups is 1. The lowest BCUT2D eigenvalue weighted by Gasteiger charge is -2.12. The van der Waals surface area contributed by atoms with E-state index in [1.807, 2.05) is 38.1 Å². The first-order valence-corrected chi connectivity index (χ1v) is 10.2. The van der Waals surface area contributed by atoms with Crippen molar-refractivity contribution in [3.8, 4) is 17.1 Å². The van der Waals surface area contributed by atoms with Gasteiger partial charge < -0.3 is 19.9 Å². The van der Waals surface area contributed by atoms with Crippen LogP contribution in [0.1, 0.15) is 23.9 Å². The number of hydrogen-bond donors (Lipinski definition) is 2. The molecule has 0 atom stereocenters. The number of hydrogen-bond acceptors (Lipinski definition) is 5. The highest BCUT2D eigenvalue weighted by atomic mass is 35.5. The Morgan fingerprint density at radius 3 is 2.70 bits per heavy atom. The molecule has 2 aromatic carbocycles. The van der Waals surface area contributed by atoms with E-state index in [2.05, 4.69) is 31.8 Å². The van der Waals surface area contributed by atoms with Gasteiger partial charge in [-0.05, 0) is 49.7 Å². The van der Waals surface area contributed by atoms with Gasteiger partial charge in [-0.25, -0.2) is 4.99 Å². The maximum atomic E-state index is 5.92.